The predicted molar refractivity (Wildman–Crippen MR) is 90.2 cm³/mol. The summed E-state index contributed by atoms with van der Waals surface area (Å²) in [6.45, 7) is 5.64. The lowest BCUT2D eigenvalue weighted by Crippen LogP contribution is -2.45. The summed E-state index contributed by atoms with van der Waals surface area (Å²) in [5, 5.41) is 9.62. The van der Waals surface area contributed by atoms with Crippen LogP contribution < -0.4 is 0 Å². The van der Waals surface area contributed by atoms with Gasteiger partial charge in [0.25, 0.3) is 0 Å². The third kappa shape index (κ3) is 5.34. The summed E-state index contributed by atoms with van der Waals surface area (Å²) in [6.07, 6.45) is -4.92. The van der Waals surface area contributed by atoms with E-state index in [1.54, 1.807) is 20.8 Å². The Kier molecular flexibility index (Phi) is 5.74. The number of nitriles is 1. The molecule has 1 saturated heterocycles. The lowest BCUT2D eigenvalue weighted by atomic mass is 9.74. The van der Waals surface area contributed by atoms with Crippen LogP contribution in [0.5, 0.6) is 0 Å². The molecule has 1 aliphatic heterocycles. The van der Waals surface area contributed by atoms with Crippen LogP contribution in [-0.4, -0.2) is 29.7 Å². The van der Waals surface area contributed by atoms with E-state index in [4.69, 9.17) is 4.74 Å². The summed E-state index contributed by atoms with van der Waals surface area (Å²) < 4.78 is 58.2. The van der Waals surface area contributed by atoms with Crippen molar-refractivity contribution in [2.75, 3.05) is 13.1 Å². The maximum absolute atomic E-state index is 13.3. The highest BCUT2D eigenvalue weighted by molar-refractivity contribution is 5.68. The Morgan fingerprint density at radius 3 is 2.33 bits per heavy atom. The molecule has 1 fully saturated rings. The van der Waals surface area contributed by atoms with Crippen molar-refractivity contribution in [2.24, 2.45) is 5.41 Å². The number of nitrogens with zero attached hydrogens (tertiary/aromatic N) is 2. The standard InChI is InChI=1S/C19H22F4N2O2/c1-17(2,3)27-16(26)25-8-6-18(12-24,7-9-25)11-13-4-5-14(20)10-15(13)19(21,22)23/h4-5,10H,6-9,11H2,1-3H3. The van der Waals surface area contributed by atoms with Gasteiger partial charge in [-0.2, -0.15) is 18.4 Å². The van der Waals surface area contributed by atoms with Crippen LogP contribution in [0, 0.1) is 22.6 Å². The van der Waals surface area contributed by atoms with Gasteiger partial charge in [0.15, 0.2) is 0 Å². The number of rotatable bonds is 2. The second-order valence-corrected chi connectivity index (χ2v) is 7.84. The Labute approximate surface area is 155 Å². The van der Waals surface area contributed by atoms with Gasteiger partial charge in [0, 0.05) is 13.1 Å². The van der Waals surface area contributed by atoms with Crippen LogP contribution in [0.15, 0.2) is 18.2 Å². The number of amides is 1. The molecule has 1 amide bonds. The molecule has 2 rings (SSSR count). The van der Waals surface area contributed by atoms with E-state index in [1.807, 2.05) is 0 Å². The van der Waals surface area contributed by atoms with Crippen LogP contribution in [0.3, 0.4) is 0 Å². The van der Waals surface area contributed by atoms with Crippen molar-refractivity contribution in [2.45, 2.75) is 51.8 Å². The first-order valence-corrected chi connectivity index (χ1v) is 8.60. The fourth-order valence-corrected chi connectivity index (χ4v) is 3.10. The molecular formula is C19H22F4N2O2. The van der Waals surface area contributed by atoms with E-state index in [0.717, 1.165) is 12.1 Å². The minimum absolute atomic E-state index is 0.115. The van der Waals surface area contributed by atoms with Gasteiger partial charge in [-0.15, -0.1) is 0 Å². The number of piperidine rings is 1. The number of hydrogen-bond acceptors (Lipinski definition) is 3. The zero-order chi connectivity index (χ0) is 20.5. The Hall–Kier alpha value is -2.30. The molecule has 0 aliphatic carbocycles. The number of alkyl halides is 3. The molecule has 0 N–H and O–H groups in total. The Bertz CT molecular complexity index is 740. The van der Waals surface area contributed by atoms with Crippen LogP contribution in [-0.2, 0) is 17.3 Å². The molecule has 0 saturated carbocycles. The zero-order valence-electron chi connectivity index (χ0n) is 15.5. The molecule has 1 heterocycles. The monoisotopic (exact) mass is 386 g/mol. The predicted octanol–water partition coefficient (Wildman–Crippen LogP) is 4.93. The highest BCUT2D eigenvalue weighted by Crippen LogP contribution is 2.39. The summed E-state index contributed by atoms with van der Waals surface area (Å²) in [5.41, 5.74) is -2.88. The van der Waals surface area contributed by atoms with Crippen molar-refractivity contribution < 1.29 is 27.1 Å². The van der Waals surface area contributed by atoms with Gasteiger partial charge in [0.1, 0.15) is 11.4 Å². The molecule has 1 aliphatic rings. The van der Waals surface area contributed by atoms with Crippen molar-refractivity contribution in [3.63, 3.8) is 0 Å². The van der Waals surface area contributed by atoms with Crippen LogP contribution in [0.2, 0.25) is 0 Å². The molecule has 1 aromatic rings. The minimum atomic E-state index is -4.70. The van der Waals surface area contributed by atoms with E-state index in [9.17, 15) is 27.6 Å². The maximum Gasteiger partial charge on any atom is 0.416 e. The number of benzene rings is 1. The topological polar surface area (TPSA) is 53.3 Å². The first-order chi connectivity index (χ1) is 12.4. The number of ether oxygens (including phenoxy) is 1. The lowest BCUT2D eigenvalue weighted by molar-refractivity contribution is -0.138. The Balaban J connectivity index is 2.16. The Morgan fingerprint density at radius 2 is 1.85 bits per heavy atom. The maximum atomic E-state index is 13.3. The van der Waals surface area contributed by atoms with Gasteiger partial charge in [-0.1, -0.05) is 6.07 Å². The minimum Gasteiger partial charge on any atom is -0.444 e. The van der Waals surface area contributed by atoms with Crippen molar-refractivity contribution in [3.8, 4) is 6.07 Å². The van der Waals surface area contributed by atoms with Gasteiger partial charge in [-0.3, -0.25) is 0 Å². The zero-order valence-corrected chi connectivity index (χ0v) is 15.5. The van der Waals surface area contributed by atoms with Crippen molar-refractivity contribution >= 4 is 6.09 Å². The molecule has 0 radical (unpaired) electrons. The highest BCUT2D eigenvalue weighted by Gasteiger charge is 2.41. The normalized spacial score (nSPS) is 17.3. The molecule has 0 unspecified atom stereocenters. The summed E-state index contributed by atoms with van der Waals surface area (Å²) >= 11 is 0. The van der Waals surface area contributed by atoms with E-state index < -0.39 is 34.7 Å². The van der Waals surface area contributed by atoms with Gasteiger partial charge in [-0.05, 0) is 57.7 Å². The first-order valence-electron chi connectivity index (χ1n) is 8.60. The average Bonchev–Trinajstić information content (AvgIpc) is 2.54. The van der Waals surface area contributed by atoms with Crippen molar-refractivity contribution in [1.82, 2.24) is 4.90 Å². The fourth-order valence-electron chi connectivity index (χ4n) is 3.10. The molecule has 8 heteroatoms. The molecule has 1 aromatic carbocycles. The molecule has 0 atom stereocenters. The first kappa shape index (κ1) is 21.0. The van der Waals surface area contributed by atoms with E-state index >= 15 is 0 Å². The molecule has 0 bridgehead atoms. The SMILES string of the molecule is CC(C)(C)OC(=O)N1CCC(C#N)(Cc2ccc(F)cc2C(F)(F)F)CC1. The lowest BCUT2D eigenvalue weighted by Gasteiger charge is -2.38. The number of hydrogen-bond donors (Lipinski definition) is 0. The summed E-state index contributed by atoms with van der Waals surface area (Å²) in [5.74, 6) is -0.975. The summed E-state index contributed by atoms with van der Waals surface area (Å²) in [7, 11) is 0. The number of halogens is 4. The largest absolute Gasteiger partial charge is 0.444 e. The second kappa shape index (κ2) is 7.37. The molecular weight excluding hydrogens is 364 g/mol. The second-order valence-electron chi connectivity index (χ2n) is 7.84. The van der Waals surface area contributed by atoms with Crippen molar-refractivity contribution in [3.05, 3.63) is 35.1 Å². The molecule has 4 nitrogen and oxygen atoms in total. The van der Waals surface area contributed by atoms with Gasteiger partial charge in [0.05, 0.1) is 17.0 Å². The van der Waals surface area contributed by atoms with Crippen LogP contribution in [0.1, 0.15) is 44.7 Å². The smallest absolute Gasteiger partial charge is 0.416 e. The van der Waals surface area contributed by atoms with Crippen LogP contribution in [0.4, 0.5) is 22.4 Å². The third-order valence-electron chi connectivity index (χ3n) is 4.52. The van der Waals surface area contributed by atoms with E-state index in [1.165, 1.54) is 4.90 Å². The van der Waals surface area contributed by atoms with E-state index in [2.05, 4.69) is 6.07 Å². The van der Waals surface area contributed by atoms with Crippen LogP contribution in [0.25, 0.3) is 0 Å². The summed E-state index contributed by atoms with van der Waals surface area (Å²) in [4.78, 5) is 13.6. The summed E-state index contributed by atoms with van der Waals surface area (Å²) in [6, 6.07) is 4.63. The van der Waals surface area contributed by atoms with E-state index in [0.29, 0.717) is 6.07 Å². The number of likely N-dealkylation sites (tertiary alicyclic amines) is 1. The number of carbonyl (C=O) groups excluding carboxylic acids is 1. The number of carbonyl (C=O) groups is 1. The van der Waals surface area contributed by atoms with Gasteiger partial charge in [-0.25, -0.2) is 9.18 Å². The van der Waals surface area contributed by atoms with Gasteiger partial charge < -0.3 is 9.64 Å². The molecule has 148 valence electrons. The quantitative estimate of drug-likeness (QED) is 0.678. The van der Waals surface area contributed by atoms with E-state index in [-0.39, 0.29) is 37.9 Å². The molecule has 27 heavy (non-hydrogen) atoms. The average molecular weight is 386 g/mol. The van der Waals surface area contributed by atoms with Gasteiger partial charge in [0.2, 0.25) is 0 Å². The highest BCUT2D eigenvalue weighted by atomic mass is 19.4. The van der Waals surface area contributed by atoms with Crippen molar-refractivity contribution in [1.29, 1.82) is 5.26 Å². The van der Waals surface area contributed by atoms with Crippen LogP contribution >= 0.6 is 0 Å². The Morgan fingerprint density at radius 1 is 1.26 bits per heavy atom. The van der Waals surface area contributed by atoms with Gasteiger partial charge >= 0.3 is 12.3 Å². The molecule has 0 aromatic heterocycles. The fraction of sp³-hybridized carbons (Fsp3) is 0.579. The molecule has 0 spiro atoms. The third-order valence-corrected chi connectivity index (χ3v) is 4.52.